The van der Waals surface area contributed by atoms with Crippen molar-refractivity contribution >= 4 is 5.91 Å². The van der Waals surface area contributed by atoms with Crippen molar-refractivity contribution in [3.05, 3.63) is 109 Å². The summed E-state index contributed by atoms with van der Waals surface area (Å²) >= 11 is 0. The number of hydrogen-bond donors (Lipinski definition) is 3. The second-order valence-corrected chi connectivity index (χ2v) is 22.8. The van der Waals surface area contributed by atoms with E-state index in [0.717, 1.165) is 77.0 Å². The SMILES string of the molecule is CC/C=C\C/C=C\C/C=C\C/C=C\C/C=C\C/C=C\CCCCCCCCCCCCCCCCCCCCCCCCC(=O)NC(CO)C(O)/C=C/CC/C=C/CC/C=C/CCCCCCCCCCCCCCCCC. The van der Waals surface area contributed by atoms with Gasteiger partial charge in [0.1, 0.15) is 0 Å². The summed E-state index contributed by atoms with van der Waals surface area (Å²) in [5.74, 6) is -0.0750. The Morgan fingerprint density at radius 1 is 0.321 bits per heavy atom. The van der Waals surface area contributed by atoms with Gasteiger partial charge in [-0.25, -0.2) is 0 Å². The quantitative estimate of drug-likeness (QED) is 0.0420. The van der Waals surface area contributed by atoms with Gasteiger partial charge in [0.2, 0.25) is 5.91 Å². The number of carbonyl (C=O) groups excluding carboxylic acids is 1. The van der Waals surface area contributed by atoms with E-state index >= 15 is 0 Å². The standard InChI is InChI=1S/C74H131NO3/c1-3-5-7-9-11-13-15-17-19-21-23-25-27-29-30-31-32-33-34-35-36-37-38-39-40-41-42-43-44-46-48-50-52-54-56-58-60-62-64-66-68-70-74(78)75-72(71-76)73(77)69-67-65-63-61-59-57-55-53-51-49-47-45-28-26-24-22-20-18-16-14-12-10-8-6-4-2/h5,7,11,13,17,19,23,25,29-30,32-33,51,53,59,61,67,69,72-73,76-77H,3-4,6,8-10,12,14-16,18,20-22,24,26-28,31,34-50,52,54-58,60,62-66,68,70-71H2,1-2H3,(H,75,78)/b7-5-,13-11-,19-17-,25-23-,30-29-,33-32-,53-51+,61-59+,69-67+. The highest BCUT2D eigenvalue weighted by molar-refractivity contribution is 5.76. The van der Waals surface area contributed by atoms with Crippen LogP contribution in [0, 0.1) is 0 Å². The average Bonchev–Trinajstić information content (AvgIpc) is 3.44. The first-order chi connectivity index (χ1) is 38.7. The summed E-state index contributed by atoms with van der Waals surface area (Å²) in [4.78, 5) is 12.5. The molecule has 0 aliphatic carbocycles. The summed E-state index contributed by atoms with van der Waals surface area (Å²) in [5.41, 5.74) is 0. The van der Waals surface area contributed by atoms with Gasteiger partial charge in [-0.1, -0.05) is 342 Å². The molecule has 0 spiro atoms. The Morgan fingerprint density at radius 3 is 0.897 bits per heavy atom. The number of nitrogens with one attached hydrogen (secondary N) is 1. The van der Waals surface area contributed by atoms with Gasteiger partial charge in [-0.05, 0) is 96.3 Å². The molecule has 0 heterocycles. The van der Waals surface area contributed by atoms with Crippen LogP contribution in [0.1, 0.15) is 335 Å². The van der Waals surface area contributed by atoms with Crippen LogP contribution in [0.25, 0.3) is 0 Å². The summed E-state index contributed by atoms with van der Waals surface area (Å²) in [6.45, 7) is 4.20. The maximum Gasteiger partial charge on any atom is 0.220 e. The third-order valence-electron chi connectivity index (χ3n) is 15.2. The lowest BCUT2D eigenvalue weighted by molar-refractivity contribution is -0.123. The number of unbranched alkanes of at least 4 members (excludes halogenated alkanes) is 39. The maximum absolute atomic E-state index is 12.5. The van der Waals surface area contributed by atoms with Crippen LogP contribution in [0.15, 0.2) is 109 Å². The number of rotatable bonds is 62. The Bertz CT molecular complexity index is 1460. The Hall–Kier alpha value is -2.95. The molecule has 450 valence electrons. The second kappa shape index (κ2) is 68.3. The maximum atomic E-state index is 12.5. The highest BCUT2D eigenvalue weighted by atomic mass is 16.3. The molecule has 0 bridgehead atoms. The molecule has 0 saturated heterocycles. The molecule has 0 rings (SSSR count). The highest BCUT2D eigenvalue weighted by Crippen LogP contribution is 2.18. The predicted molar refractivity (Wildman–Crippen MR) is 349 cm³/mol. The lowest BCUT2D eigenvalue weighted by Gasteiger charge is -2.19. The Kier molecular flexibility index (Phi) is 65.7. The molecule has 0 saturated carbocycles. The summed E-state index contributed by atoms with van der Waals surface area (Å²) in [7, 11) is 0. The Labute approximate surface area is 486 Å². The molecule has 78 heavy (non-hydrogen) atoms. The summed E-state index contributed by atoms with van der Waals surface area (Å²) < 4.78 is 0. The van der Waals surface area contributed by atoms with Gasteiger partial charge >= 0.3 is 0 Å². The molecule has 4 heteroatoms. The van der Waals surface area contributed by atoms with Crippen molar-refractivity contribution in [1.29, 1.82) is 0 Å². The number of allylic oxidation sites excluding steroid dienone is 17. The van der Waals surface area contributed by atoms with E-state index in [9.17, 15) is 15.0 Å². The zero-order valence-electron chi connectivity index (χ0n) is 51.9. The van der Waals surface area contributed by atoms with Crippen molar-refractivity contribution in [3.63, 3.8) is 0 Å². The van der Waals surface area contributed by atoms with E-state index in [4.69, 9.17) is 0 Å². The molecule has 0 aliphatic rings. The van der Waals surface area contributed by atoms with Crippen molar-refractivity contribution in [3.8, 4) is 0 Å². The highest BCUT2D eigenvalue weighted by Gasteiger charge is 2.18. The van der Waals surface area contributed by atoms with Crippen LogP contribution in [-0.4, -0.2) is 34.9 Å². The molecular weight excluding hydrogens is 951 g/mol. The normalized spacial score (nSPS) is 13.4. The van der Waals surface area contributed by atoms with Crippen LogP contribution in [0.3, 0.4) is 0 Å². The molecule has 0 fully saturated rings. The van der Waals surface area contributed by atoms with E-state index in [2.05, 4.69) is 116 Å². The number of amides is 1. The zero-order chi connectivity index (χ0) is 56.2. The fraction of sp³-hybridized carbons (Fsp3) is 0.743. The largest absolute Gasteiger partial charge is 0.394 e. The molecule has 0 radical (unpaired) electrons. The number of hydrogen-bond acceptors (Lipinski definition) is 3. The minimum atomic E-state index is -0.875. The zero-order valence-corrected chi connectivity index (χ0v) is 51.9. The molecule has 0 aliphatic heterocycles. The first kappa shape index (κ1) is 75.0. The molecule has 4 nitrogen and oxygen atoms in total. The van der Waals surface area contributed by atoms with Crippen molar-refractivity contribution in [2.75, 3.05) is 6.61 Å². The van der Waals surface area contributed by atoms with Crippen LogP contribution in [0.2, 0.25) is 0 Å². The molecule has 0 aromatic carbocycles. The third-order valence-corrected chi connectivity index (χ3v) is 15.2. The van der Waals surface area contributed by atoms with Crippen LogP contribution in [0.5, 0.6) is 0 Å². The van der Waals surface area contributed by atoms with E-state index in [0.29, 0.717) is 6.42 Å². The third kappa shape index (κ3) is 63.9. The Balaban J connectivity index is 3.50. The van der Waals surface area contributed by atoms with Crippen molar-refractivity contribution in [1.82, 2.24) is 5.32 Å². The minimum Gasteiger partial charge on any atom is -0.394 e. The molecule has 1 amide bonds. The van der Waals surface area contributed by atoms with Gasteiger partial charge in [0.05, 0.1) is 18.8 Å². The molecule has 0 aromatic rings. The average molecular weight is 1080 g/mol. The monoisotopic (exact) mass is 1080 g/mol. The lowest BCUT2D eigenvalue weighted by Crippen LogP contribution is -2.45. The fourth-order valence-electron chi connectivity index (χ4n) is 10.1. The van der Waals surface area contributed by atoms with E-state index in [1.165, 1.54) is 238 Å². The topological polar surface area (TPSA) is 69.6 Å². The van der Waals surface area contributed by atoms with Crippen LogP contribution >= 0.6 is 0 Å². The van der Waals surface area contributed by atoms with E-state index in [1.807, 2.05) is 6.08 Å². The van der Waals surface area contributed by atoms with Gasteiger partial charge in [-0.15, -0.1) is 0 Å². The minimum absolute atomic E-state index is 0.0750. The first-order valence-electron chi connectivity index (χ1n) is 34.1. The molecule has 0 aromatic heterocycles. The number of aliphatic hydroxyl groups is 2. The van der Waals surface area contributed by atoms with E-state index in [1.54, 1.807) is 6.08 Å². The first-order valence-corrected chi connectivity index (χ1v) is 34.1. The predicted octanol–water partition coefficient (Wildman–Crippen LogP) is 23.4. The van der Waals surface area contributed by atoms with Crippen LogP contribution < -0.4 is 5.32 Å². The van der Waals surface area contributed by atoms with Crippen LogP contribution in [0.4, 0.5) is 0 Å². The summed E-state index contributed by atoms with van der Waals surface area (Å²) in [6, 6.07) is -0.650. The van der Waals surface area contributed by atoms with Crippen molar-refractivity contribution < 1.29 is 15.0 Å². The van der Waals surface area contributed by atoms with E-state index in [-0.39, 0.29) is 12.5 Å². The number of aliphatic hydroxyl groups excluding tert-OH is 2. The summed E-state index contributed by atoms with van der Waals surface area (Å²) in [6.07, 6.45) is 103. The fourth-order valence-corrected chi connectivity index (χ4v) is 10.1. The van der Waals surface area contributed by atoms with Gasteiger partial charge < -0.3 is 15.5 Å². The number of carbonyl (C=O) groups is 1. The van der Waals surface area contributed by atoms with Gasteiger partial charge in [-0.2, -0.15) is 0 Å². The van der Waals surface area contributed by atoms with Crippen molar-refractivity contribution in [2.24, 2.45) is 0 Å². The smallest absolute Gasteiger partial charge is 0.220 e. The molecule has 2 atom stereocenters. The molecular formula is C74H131NO3. The van der Waals surface area contributed by atoms with Gasteiger partial charge in [0.15, 0.2) is 0 Å². The van der Waals surface area contributed by atoms with Gasteiger partial charge in [0.25, 0.3) is 0 Å². The van der Waals surface area contributed by atoms with E-state index < -0.39 is 12.1 Å². The van der Waals surface area contributed by atoms with Crippen molar-refractivity contribution in [2.45, 2.75) is 347 Å². The molecule has 2 unspecified atom stereocenters. The van der Waals surface area contributed by atoms with Gasteiger partial charge in [0, 0.05) is 6.42 Å². The van der Waals surface area contributed by atoms with Gasteiger partial charge in [-0.3, -0.25) is 4.79 Å². The summed E-state index contributed by atoms with van der Waals surface area (Å²) in [5, 5.41) is 23.2. The lowest BCUT2D eigenvalue weighted by atomic mass is 10.0. The molecule has 3 N–H and O–H groups in total. The Morgan fingerprint density at radius 2 is 0.577 bits per heavy atom. The van der Waals surface area contributed by atoms with Crippen LogP contribution in [-0.2, 0) is 4.79 Å². The second-order valence-electron chi connectivity index (χ2n) is 22.8.